The molecule has 172 valence electrons. The summed E-state index contributed by atoms with van der Waals surface area (Å²) in [5.74, 6) is -0.736. The van der Waals surface area contributed by atoms with Crippen molar-refractivity contribution in [2.75, 3.05) is 5.32 Å². The number of amides is 1. The molecule has 0 saturated carbocycles. The highest BCUT2D eigenvalue weighted by molar-refractivity contribution is 6.32. The number of anilines is 1. The number of carbonyl (C=O) groups is 1. The van der Waals surface area contributed by atoms with Gasteiger partial charge in [0.05, 0.1) is 28.6 Å². The van der Waals surface area contributed by atoms with Crippen molar-refractivity contribution in [3.63, 3.8) is 0 Å². The van der Waals surface area contributed by atoms with Crippen molar-refractivity contribution in [3.8, 4) is 0 Å². The molecule has 0 bridgehead atoms. The largest absolute Gasteiger partial charge is 0.321 e. The lowest BCUT2D eigenvalue weighted by molar-refractivity contribution is -0.119. The van der Waals surface area contributed by atoms with Crippen LogP contribution in [0.15, 0.2) is 24.3 Å². The Labute approximate surface area is 191 Å². The molecule has 32 heavy (non-hydrogen) atoms. The maximum absolute atomic E-state index is 13.4. The summed E-state index contributed by atoms with van der Waals surface area (Å²) in [6.45, 7) is 5.06. The molecule has 1 N–H and O–H groups in total. The molecule has 2 heterocycles. The lowest BCUT2D eigenvalue weighted by Crippen LogP contribution is -2.26. The van der Waals surface area contributed by atoms with Crippen LogP contribution in [0.1, 0.15) is 54.2 Å². The van der Waals surface area contributed by atoms with Crippen molar-refractivity contribution in [3.05, 3.63) is 62.6 Å². The molecule has 0 radical (unpaired) electrons. The van der Waals surface area contributed by atoms with Crippen LogP contribution in [0.5, 0.6) is 0 Å². The molecule has 3 aromatic rings. The fourth-order valence-corrected chi connectivity index (χ4v) is 3.76. The zero-order valence-corrected chi connectivity index (χ0v) is 18.7. The highest BCUT2D eigenvalue weighted by Gasteiger charge is 2.32. The predicted octanol–water partition coefficient (Wildman–Crippen LogP) is 6.13. The van der Waals surface area contributed by atoms with E-state index in [-0.39, 0.29) is 0 Å². The first-order valence-electron chi connectivity index (χ1n) is 9.44. The average molecular weight is 492 g/mol. The van der Waals surface area contributed by atoms with Crippen molar-refractivity contribution in [1.82, 2.24) is 19.6 Å². The molecule has 0 aliphatic heterocycles. The number of halogens is 6. The van der Waals surface area contributed by atoms with E-state index in [4.69, 9.17) is 23.2 Å². The van der Waals surface area contributed by atoms with Gasteiger partial charge < -0.3 is 5.32 Å². The molecule has 1 unspecified atom stereocenters. The van der Waals surface area contributed by atoms with Crippen LogP contribution in [-0.4, -0.2) is 25.5 Å². The number of nitrogens with one attached hydrogen (secondary N) is 1. The summed E-state index contributed by atoms with van der Waals surface area (Å²) in [5, 5.41) is 10.2. The van der Waals surface area contributed by atoms with Crippen LogP contribution in [0.3, 0.4) is 0 Å². The molecular weight excluding hydrogens is 473 g/mol. The van der Waals surface area contributed by atoms with Gasteiger partial charge in [-0.25, -0.2) is 22.2 Å². The number of rotatable bonds is 7. The number of aryl methyl sites for hydroxylation is 1. The van der Waals surface area contributed by atoms with E-state index in [2.05, 4.69) is 15.5 Å². The number of nitrogens with zero attached hydrogens (tertiary/aromatic N) is 4. The first-order chi connectivity index (χ1) is 15.0. The number of carbonyl (C=O) groups excluding carboxylic acids is 1. The molecule has 0 fully saturated rings. The lowest BCUT2D eigenvalue weighted by atomic mass is 10.2. The lowest BCUT2D eigenvalue weighted by Gasteiger charge is -2.16. The topological polar surface area (TPSA) is 64.7 Å². The van der Waals surface area contributed by atoms with Gasteiger partial charge in [-0.1, -0.05) is 35.3 Å². The van der Waals surface area contributed by atoms with Gasteiger partial charge in [0, 0.05) is 5.02 Å². The van der Waals surface area contributed by atoms with Crippen molar-refractivity contribution < 1.29 is 22.4 Å². The third-order valence-electron chi connectivity index (χ3n) is 4.92. The fourth-order valence-electron chi connectivity index (χ4n) is 3.25. The molecule has 1 atom stereocenters. The number of hydrogen-bond donors (Lipinski definition) is 1. The Morgan fingerprint density at radius 2 is 1.81 bits per heavy atom. The second-order valence-corrected chi connectivity index (χ2v) is 7.94. The smallest absolute Gasteiger partial charge is 0.283 e. The van der Waals surface area contributed by atoms with Gasteiger partial charge in [0.25, 0.3) is 12.9 Å². The number of aromatic nitrogens is 4. The molecule has 1 amide bonds. The van der Waals surface area contributed by atoms with Crippen LogP contribution in [0, 0.1) is 13.8 Å². The van der Waals surface area contributed by atoms with Crippen molar-refractivity contribution in [2.45, 2.75) is 46.2 Å². The van der Waals surface area contributed by atoms with Crippen LogP contribution >= 0.6 is 23.2 Å². The maximum Gasteiger partial charge on any atom is 0.283 e. The zero-order valence-electron chi connectivity index (χ0n) is 17.2. The predicted molar refractivity (Wildman–Crippen MR) is 113 cm³/mol. The Kier molecular flexibility index (Phi) is 7.14. The molecule has 0 aliphatic rings. The first-order valence-corrected chi connectivity index (χ1v) is 10.2. The summed E-state index contributed by atoms with van der Waals surface area (Å²) in [6.07, 6.45) is -6.35. The van der Waals surface area contributed by atoms with E-state index in [9.17, 15) is 22.4 Å². The Balaban J connectivity index is 1.86. The normalized spacial score (nSPS) is 12.6. The molecule has 2 aromatic heterocycles. The standard InChI is InChI=1S/C20H19Cl2F4N5O/c1-9-15(10(2)30(28-9)8-12-5-4-6-13(21)7-12)27-20(32)11(3)31-17(19(25)26)14(22)16(29-31)18(23)24/h4-7,11,18-19H,8H2,1-3H3,(H,27,32). The van der Waals surface area contributed by atoms with Crippen molar-refractivity contribution in [1.29, 1.82) is 0 Å². The highest BCUT2D eigenvalue weighted by Crippen LogP contribution is 2.36. The monoisotopic (exact) mass is 491 g/mol. The Morgan fingerprint density at radius 3 is 2.41 bits per heavy atom. The summed E-state index contributed by atoms with van der Waals surface area (Å²) in [4.78, 5) is 12.8. The zero-order chi connectivity index (χ0) is 23.7. The summed E-state index contributed by atoms with van der Waals surface area (Å²) in [7, 11) is 0. The summed E-state index contributed by atoms with van der Waals surface area (Å²) < 4.78 is 55.2. The molecular formula is C20H19Cl2F4N5O. The van der Waals surface area contributed by atoms with E-state index >= 15 is 0 Å². The average Bonchev–Trinajstić information content (AvgIpc) is 3.19. The number of alkyl halides is 4. The Hall–Kier alpha value is -2.59. The summed E-state index contributed by atoms with van der Waals surface area (Å²) in [5.41, 5.74) is 0.448. The summed E-state index contributed by atoms with van der Waals surface area (Å²) in [6, 6.07) is 5.87. The fraction of sp³-hybridized carbons (Fsp3) is 0.350. The molecule has 12 heteroatoms. The van der Waals surface area contributed by atoms with Crippen LogP contribution in [-0.2, 0) is 11.3 Å². The van der Waals surface area contributed by atoms with Gasteiger partial charge in [-0.2, -0.15) is 10.2 Å². The van der Waals surface area contributed by atoms with Gasteiger partial charge >= 0.3 is 0 Å². The van der Waals surface area contributed by atoms with E-state index in [1.807, 2.05) is 6.07 Å². The second kappa shape index (κ2) is 9.50. The van der Waals surface area contributed by atoms with E-state index < -0.39 is 41.2 Å². The van der Waals surface area contributed by atoms with E-state index in [1.165, 1.54) is 6.92 Å². The van der Waals surface area contributed by atoms with Crippen LogP contribution in [0.2, 0.25) is 10.0 Å². The van der Waals surface area contributed by atoms with Gasteiger partial charge in [-0.15, -0.1) is 0 Å². The minimum absolute atomic E-state index is 0.384. The van der Waals surface area contributed by atoms with Gasteiger partial charge in [0.15, 0.2) is 0 Å². The van der Waals surface area contributed by atoms with Gasteiger partial charge in [-0.05, 0) is 38.5 Å². The highest BCUT2D eigenvalue weighted by atomic mass is 35.5. The van der Waals surface area contributed by atoms with Crippen LogP contribution in [0.4, 0.5) is 23.2 Å². The van der Waals surface area contributed by atoms with Crippen molar-refractivity contribution >= 4 is 34.8 Å². The Morgan fingerprint density at radius 1 is 1.12 bits per heavy atom. The summed E-state index contributed by atoms with van der Waals surface area (Å²) >= 11 is 11.7. The molecule has 0 aliphatic carbocycles. The maximum atomic E-state index is 13.4. The quantitative estimate of drug-likeness (QED) is 0.404. The molecule has 0 saturated heterocycles. The first kappa shape index (κ1) is 24.1. The third kappa shape index (κ3) is 4.75. The van der Waals surface area contributed by atoms with Gasteiger partial charge in [0.1, 0.15) is 17.4 Å². The van der Waals surface area contributed by atoms with Crippen molar-refractivity contribution in [2.24, 2.45) is 0 Å². The van der Waals surface area contributed by atoms with Gasteiger partial charge in [-0.3, -0.25) is 9.48 Å². The molecule has 1 aromatic carbocycles. The number of benzene rings is 1. The molecule has 6 nitrogen and oxygen atoms in total. The molecule has 0 spiro atoms. The van der Waals surface area contributed by atoms with Crippen LogP contribution in [0.25, 0.3) is 0 Å². The van der Waals surface area contributed by atoms with Crippen LogP contribution < -0.4 is 5.32 Å². The molecule has 3 rings (SSSR count). The third-order valence-corrected chi connectivity index (χ3v) is 5.55. The van der Waals surface area contributed by atoms with E-state index in [0.29, 0.717) is 33.3 Å². The minimum Gasteiger partial charge on any atom is -0.321 e. The van der Waals surface area contributed by atoms with E-state index in [1.54, 1.807) is 36.7 Å². The SMILES string of the molecule is Cc1nn(Cc2cccc(Cl)c2)c(C)c1NC(=O)C(C)n1nc(C(F)F)c(Cl)c1C(F)F. The Bertz CT molecular complexity index is 1150. The van der Waals surface area contributed by atoms with E-state index in [0.717, 1.165) is 5.56 Å². The minimum atomic E-state index is -3.19. The van der Waals surface area contributed by atoms with Gasteiger partial charge in [0.2, 0.25) is 5.91 Å². The second-order valence-electron chi connectivity index (χ2n) is 7.13. The number of hydrogen-bond acceptors (Lipinski definition) is 3.